The fourth-order valence-corrected chi connectivity index (χ4v) is 2.63. The molecule has 1 heterocycles. The fourth-order valence-electron chi connectivity index (χ4n) is 2.63. The molecule has 0 bridgehead atoms. The van der Waals surface area contributed by atoms with Gasteiger partial charge in [-0.15, -0.1) is 0 Å². The Bertz CT molecular complexity index is 392. The average Bonchev–Trinajstić information content (AvgIpc) is 2.72. The van der Waals surface area contributed by atoms with E-state index in [1.165, 1.54) is 18.4 Å². The molecule has 0 aromatic heterocycles. The van der Waals surface area contributed by atoms with E-state index in [1.807, 2.05) is 6.07 Å². The van der Waals surface area contributed by atoms with Gasteiger partial charge in [-0.2, -0.15) is 0 Å². The lowest BCUT2D eigenvalue weighted by atomic mass is 10.2. The zero-order valence-corrected chi connectivity index (χ0v) is 11.4. The first-order chi connectivity index (χ1) is 8.70. The van der Waals surface area contributed by atoms with Crippen molar-refractivity contribution in [3.05, 3.63) is 29.6 Å². The molecule has 0 fully saturated rings. The maximum Gasteiger partial charge on any atom is 0.125 e. The highest BCUT2D eigenvalue weighted by atomic mass is 19.1. The Kier molecular flexibility index (Phi) is 4.59. The van der Waals surface area contributed by atoms with Gasteiger partial charge in [0.1, 0.15) is 5.82 Å². The Balaban J connectivity index is 1.84. The van der Waals surface area contributed by atoms with E-state index in [9.17, 15) is 4.39 Å². The third-order valence-electron chi connectivity index (χ3n) is 3.64. The van der Waals surface area contributed by atoms with Crippen molar-refractivity contribution in [3.8, 4) is 0 Å². The van der Waals surface area contributed by atoms with Gasteiger partial charge in [0.2, 0.25) is 0 Å². The summed E-state index contributed by atoms with van der Waals surface area (Å²) in [5, 5.41) is 3.52. The highest BCUT2D eigenvalue weighted by Gasteiger charge is 2.18. The number of halogens is 1. The molecule has 1 N–H and O–H groups in total. The molecule has 1 aromatic rings. The lowest BCUT2D eigenvalue weighted by molar-refractivity contribution is 0.510. The molecule has 18 heavy (non-hydrogen) atoms. The molecular weight excluding hydrogens is 227 g/mol. The van der Waals surface area contributed by atoms with Crippen LogP contribution >= 0.6 is 0 Å². The van der Waals surface area contributed by atoms with Crippen LogP contribution in [0.25, 0.3) is 0 Å². The van der Waals surface area contributed by atoms with Crippen molar-refractivity contribution in [2.75, 3.05) is 24.5 Å². The Hall–Kier alpha value is -1.09. The minimum atomic E-state index is -0.132. The molecule has 2 rings (SSSR count). The maximum atomic E-state index is 13.2. The van der Waals surface area contributed by atoms with Crippen LogP contribution in [0.5, 0.6) is 0 Å². The van der Waals surface area contributed by atoms with Crippen LogP contribution in [-0.2, 0) is 6.42 Å². The number of benzene rings is 1. The molecule has 1 aromatic carbocycles. The van der Waals surface area contributed by atoms with Gasteiger partial charge in [0, 0.05) is 31.4 Å². The smallest absolute Gasteiger partial charge is 0.125 e. The normalized spacial score (nSPS) is 15.8. The molecule has 0 spiro atoms. The highest BCUT2D eigenvalue weighted by molar-refractivity contribution is 5.58. The lowest BCUT2D eigenvalue weighted by Gasteiger charge is -2.21. The van der Waals surface area contributed by atoms with Gasteiger partial charge < -0.3 is 10.2 Å². The number of fused-ring (bicyclic) bond motifs is 1. The standard InChI is InChI=1S/C15H23FN2/c1-3-4-12(2)17-8-10-18-9-7-13-5-6-14(16)11-15(13)18/h5-6,11-12,17H,3-4,7-10H2,1-2H3. The summed E-state index contributed by atoms with van der Waals surface area (Å²) in [5.74, 6) is -0.132. The number of nitrogens with zero attached hydrogens (tertiary/aromatic N) is 1. The number of anilines is 1. The first-order valence-electron chi connectivity index (χ1n) is 6.97. The second-order valence-electron chi connectivity index (χ2n) is 5.15. The Morgan fingerprint density at radius 1 is 1.44 bits per heavy atom. The van der Waals surface area contributed by atoms with E-state index in [1.54, 1.807) is 12.1 Å². The molecule has 2 nitrogen and oxygen atoms in total. The Morgan fingerprint density at radius 2 is 2.28 bits per heavy atom. The molecule has 0 aliphatic carbocycles. The third-order valence-corrected chi connectivity index (χ3v) is 3.64. The topological polar surface area (TPSA) is 15.3 Å². The Morgan fingerprint density at radius 3 is 3.06 bits per heavy atom. The number of hydrogen-bond donors (Lipinski definition) is 1. The summed E-state index contributed by atoms with van der Waals surface area (Å²) in [5.41, 5.74) is 2.36. The lowest BCUT2D eigenvalue weighted by Crippen LogP contribution is -2.35. The van der Waals surface area contributed by atoms with Crippen molar-refractivity contribution < 1.29 is 4.39 Å². The molecule has 0 saturated carbocycles. The quantitative estimate of drug-likeness (QED) is 0.835. The van der Waals surface area contributed by atoms with Crippen molar-refractivity contribution >= 4 is 5.69 Å². The first-order valence-corrected chi connectivity index (χ1v) is 6.97. The van der Waals surface area contributed by atoms with Crippen molar-refractivity contribution in [2.45, 2.75) is 39.2 Å². The van der Waals surface area contributed by atoms with Crippen molar-refractivity contribution in [2.24, 2.45) is 0 Å². The van der Waals surface area contributed by atoms with Gasteiger partial charge in [-0.3, -0.25) is 0 Å². The van der Waals surface area contributed by atoms with Crippen molar-refractivity contribution in [1.29, 1.82) is 0 Å². The van der Waals surface area contributed by atoms with Crippen LogP contribution in [0.4, 0.5) is 10.1 Å². The van der Waals surface area contributed by atoms with Gasteiger partial charge in [0.05, 0.1) is 0 Å². The first kappa shape index (κ1) is 13.3. The van der Waals surface area contributed by atoms with Gasteiger partial charge in [-0.25, -0.2) is 4.39 Å². The minimum absolute atomic E-state index is 0.132. The SMILES string of the molecule is CCCC(C)NCCN1CCc2ccc(F)cc21. The van der Waals surface area contributed by atoms with Crippen LogP contribution in [0, 0.1) is 5.82 Å². The van der Waals surface area contributed by atoms with E-state index >= 15 is 0 Å². The molecule has 100 valence electrons. The van der Waals surface area contributed by atoms with E-state index in [2.05, 4.69) is 24.1 Å². The zero-order valence-electron chi connectivity index (χ0n) is 11.4. The van der Waals surface area contributed by atoms with Crippen LogP contribution in [0.15, 0.2) is 18.2 Å². The molecule has 0 saturated heterocycles. The monoisotopic (exact) mass is 250 g/mol. The summed E-state index contributed by atoms with van der Waals surface area (Å²) >= 11 is 0. The van der Waals surface area contributed by atoms with Crippen molar-refractivity contribution in [1.82, 2.24) is 5.32 Å². The van der Waals surface area contributed by atoms with Crippen LogP contribution in [-0.4, -0.2) is 25.7 Å². The summed E-state index contributed by atoms with van der Waals surface area (Å²) in [6.45, 7) is 7.38. The largest absolute Gasteiger partial charge is 0.370 e. The highest BCUT2D eigenvalue weighted by Crippen LogP contribution is 2.28. The summed E-state index contributed by atoms with van der Waals surface area (Å²) in [6, 6.07) is 5.71. The van der Waals surface area contributed by atoms with Crippen LogP contribution < -0.4 is 10.2 Å². The second-order valence-corrected chi connectivity index (χ2v) is 5.15. The molecule has 1 aliphatic heterocycles. The summed E-state index contributed by atoms with van der Waals surface area (Å²) in [6.07, 6.45) is 3.47. The van der Waals surface area contributed by atoms with Crippen LogP contribution in [0.2, 0.25) is 0 Å². The predicted octanol–water partition coefficient (Wildman–Crippen LogP) is 2.97. The zero-order chi connectivity index (χ0) is 13.0. The maximum absolute atomic E-state index is 13.2. The van der Waals surface area contributed by atoms with Gasteiger partial charge in [-0.1, -0.05) is 19.4 Å². The number of nitrogens with one attached hydrogen (secondary N) is 1. The third kappa shape index (κ3) is 3.22. The minimum Gasteiger partial charge on any atom is -0.370 e. The molecule has 1 aliphatic rings. The second kappa shape index (κ2) is 6.19. The number of rotatable bonds is 6. The fraction of sp³-hybridized carbons (Fsp3) is 0.600. The number of hydrogen-bond acceptors (Lipinski definition) is 2. The van der Waals surface area contributed by atoms with E-state index in [0.29, 0.717) is 6.04 Å². The van der Waals surface area contributed by atoms with Gasteiger partial charge in [0.25, 0.3) is 0 Å². The van der Waals surface area contributed by atoms with Crippen LogP contribution in [0.3, 0.4) is 0 Å². The molecular formula is C15H23FN2. The molecule has 0 amide bonds. The van der Waals surface area contributed by atoms with Gasteiger partial charge in [0.15, 0.2) is 0 Å². The predicted molar refractivity (Wildman–Crippen MR) is 74.7 cm³/mol. The van der Waals surface area contributed by atoms with Gasteiger partial charge >= 0.3 is 0 Å². The van der Waals surface area contributed by atoms with Gasteiger partial charge in [-0.05, 0) is 37.5 Å². The average molecular weight is 250 g/mol. The van der Waals surface area contributed by atoms with Crippen molar-refractivity contribution in [3.63, 3.8) is 0 Å². The summed E-state index contributed by atoms with van der Waals surface area (Å²) in [4.78, 5) is 2.28. The molecule has 3 heteroatoms. The van der Waals surface area contributed by atoms with E-state index in [0.717, 1.165) is 31.7 Å². The Labute approximate surface area is 109 Å². The van der Waals surface area contributed by atoms with E-state index in [4.69, 9.17) is 0 Å². The van der Waals surface area contributed by atoms with Crippen LogP contribution in [0.1, 0.15) is 32.3 Å². The van der Waals surface area contributed by atoms with E-state index in [-0.39, 0.29) is 5.82 Å². The van der Waals surface area contributed by atoms with E-state index < -0.39 is 0 Å². The summed E-state index contributed by atoms with van der Waals surface area (Å²) < 4.78 is 13.2. The summed E-state index contributed by atoms with van der Waals surface area (Å²) in [7, 11) is 0. The molecule has 1 atom stereocenters. The molecule has 0 radical (unpaired) electrons. The molecule has 1 unspecified atom stereocenters.